The number of rotatable bonds is 3. The molecule has 0 unspecified atom stereocenters. The summed E-state index contributed by atoms with van der Waals surface area (Å²) in [5.74, 6) is -0.383. The van der Waals surface area contributed by atoms with E-state index >= 15 is 0 Å². The van der Waals surface area contributed by atoms with Crippen molar-refractivity contribution < 1.29 is 13.2 Å². The average molecular weight is 324 g/mol. The number of nitrogens with one attached hydrogen (secondary N) is 1. The lowest BCUT2D eigenvalue weighted by molar-refractivity contribution is 0.102. The molecule has 0 aliphatic rings. The summed E-state index contributed by atoms with van der Waals surface area (Å²) in [6.45, 7) is 1.80. The van der Waals surface area contributed by atoms with Crippen molar-refractivity contribution in [1.82, 2.24) is 0 Å². The molecule has 21 heavy (non-hydrogen) atoms. The van der Waals surface area contributed by atoms with Crippen molar-refractivity contribution in [3.63, 3.8) is 0 Å². The first kappa shape index (κ1) is 15.5. The van der Waals surface area contributed by atoms with Gasteiger partial charge in [-0.2, -0.15) is 0 Å². The Labute approximate surface area is 128 Å². The second kappa shape index (κ2) is 5.87. The number of halogens is 1. The molecule has 4 nitrogen and oxygen atoms in total. The first-order chi connectivity index (χ1) is 9.79. The number of carbonyl (C=O) groups is 1. The first-order valence-electron chi connectivity index (χ1n) is 6.15. The molecule has 2 rings (SSSR count). The van der Waals surface area contributed by atoms with E-state index in [1.807, 2.05) is 0 Å². The van der Waals surface area contributed by atoms with Crippen LogP contribution in [0.25, 0.3) is 0 Å². The Morgan fingerprint density at radius 2 is 1.81 bits per heavy atom. The smallest absolute Gasteiger partial charge is 0.255 e. The Hall–Kier alpha value is -1.85. The zero-order chi connectivity index (χ0) is 15.6. The minimum atomic E-state index is -3.35. The molecule has 0 aromatic heterocycles. The lowest BCUT2D eigenvalue weighted by Crippen LogP contribution is -2.13. The van der Waals surface area contributed by atoms with Gasteiger partial charge in [-0.1, -0.05) is 23.7 Å². The maximum atomic E-state index is 12.2. The molecule has 0 spiro atoms. The summed E-state index contributed by atoms with van der Waals surface area (Å²) in [5, 5.41) is 3.28. The van der Waals surface area contributed by atoms with Gasteiger partial charge in [0.05, 0.1) is 4.90 Å². The van der Waals surface area contributed by atoms with E-state index in [0.29, 0.717) is 10.7 Å². The maximum Gasteiger partial charge on any atom is 0.255 e. The van der Waals surface area contributed by atoms with Crippen molar-refractivity contribution in [1.29, 1.82) is 0 Å². The van der Waals surface area contributed by atoms with Crippen LogP contribution in [-0.4, -0.2) is 20.6 Å². The fourth-order valence-corrected chi connectivity index (χ4v) is 2.65. The third kappa shape index (κ3) is 3.62. The Bertz CT molecular complexity index is 800. The SMILES string of the molecule is Cc1c(Cl)cccc1NC(=O)c1cccc(S(C)(=O)=O)c1. The summed E-state index contributed by atoms with van der Waals surface area (Å²) < 4.78 is 23.0. The standard InChI is InChI=1S/C15H14ClNO3S/c1-10-13(16)7-4-8-14(10)17-15(18)11-5-3-6-12(9-11)21(2,19)20/h3-9H,1-2H3,(H,17,18). The van der Waals surface area contributed by atoms with Crippen LogP contribution in [0.3, 0.4) is 0 Å². The molecular formula is C15H14ClNO3S. The molecule has 2 aromatic carbocycles. The Balaban J connectivity index is 2.31. The Morgan fingerprint density at radius 1 is 1.14 bits per heavy atom. The second-order valence-electron chi connectivity index (χ2n) is 4.67. The molecule has 0 saturated carbocycles. The minimum Gasteiger partial charge on any atom is -0.322 e. The fourth-order valence-electron chi connectivity index (χ4n) is 1.81. The third-order valence-electron chi connectivity index (χ3n) is 3.04. The van der Waals surface area contributed by atoms with Crippen LogP contribution in [0, 0.1) is 6.92 Å². The van der Waals surface area contributed by atoms with E-state index < -0.39 is 9.84 Å². The number of anilines is 1. The quantitative estimate of drug-likeness (QED) is 0.942. The van der Waals surface area contributed by atoms with Gasteiger partial charge in [0.15, 0.2) is 9.84 Å². The zero-order valence-corrected chi connectivity index (χ0v) is 13.1. The van der Waals surface area contributed by atoms with E-state index in [1.54, 1.807) is 31.2 Å². The number of hydrogen-bond donors (Lipinski definition) is 1. The van der Waals surface area contributed by atoms with E-state index in [1.165, 1.54) is 18.2 Å². The van der Waals surface area contributed by atoms with Gasteiger partial charge in [-0.3, -0.25) is 4.79 Å². The number of sulfone groups is 1. The Kier molecular flexibility index (Phi) is 4.34. The highest BCUT2D eigenvalue weighted by Crippen LogP contribution is 2.23. The summed E-state index contributed by atoms with van der Waals surface area (Å²) in [6.07, 6.45) is 1.10. The van der Waals surface area contributed by atoms with Crippen LogP contribution in [0.2, 0.25) is 5.02 Å². The number of benzene rings is 2. The van der Waals surface area contributed by atoms with Gasteiger partial charge in [-0.05, 0) is 42.8 Å². The summed E-state index contributed by atoms with van der Waals surface area (Å²) in [7, 11) is -3.35. The monoisotopic (exact) mass is 323 g/mol. The van der Waals surface area contributed by atoms with Crippen molar-refractivity contribution in [3.05, 3.63) is 58.6 Å². The predicted molar refractivity (Wildman–Crippen MR) is 83.7 cm³/mol. The van der Waals surface area contributed by atoms with Gasteiger partial charge in [0.25, 0.3) is 5.91 Å². The largest absolute Gasteiger partial charge is 0.322 e. The van der Waals surface area contributed by atoms with Gasteiger partial charge in [-0.25, -0.2) is 8.42 Å². The molecule has 0 radical (unpaired) electrons. The maximum absolute atomic E-state index is 12.2. The van der Waals surface area contributed by atoms with Crippen LogP contribution in [-0.2, 0) is 9.84 Å². The predicted octanol–water partition coefficient (Wildman–Crippen LogP) is 3.30. The van der Waals surface area contributed by atoms with Gasteiger partial charge in [0.2, 0.25) is 0 Å². The minimum absolute atomic E-state index is 0.109. The van der Waals surface area contributed by atoms with Crippen LogP contribution in [0.4, 0.5) is 5.69 Å². The van der Waals surface area contributed by atoms with Crippen LogP contribution >= 0.6 is 11.6 Å². The van der Waals surface area contributed by atoms with Crippen molar-refractivity contribution in [3.8, 4) is 0 Å². The van der Waals surface area contributed by atoms with Crippen molar-refractivity contribution in [2.24, 2.45) is 0 Å². The number of amides is 1. The molecule has 0 saturated heterocycles. The molecule has 6 heteroatoms. The van der Waals surface area contributed by atoms with Gasteiger partial charge >= 0.3 is 0 Å². The summed E-state index contributed by atoms with van der Waals surface area (Å²) >= 11 is 6.00. The van der Waals surface area contributed by atoms with Gasteiger partial charge in [0, 0.05) is 22.5 Å². The molecular weight excluding hydrogens is 310 g/mol. The molecule has 0 aliphatic carbocycles. The molecule has 0 bridgehead atoms. The van der Waals surface area contributed by atoms with Gasteiger partial charge in [0.1, 0.15) is 0 Å². The molecule has 0 atom stereocenters. The van der Waals surface area contributed by atoms with Gasteiger partial charge in [-0.15, -0.1) is 0 Å². The summed E-state index contributed by atoms with van der Waals surface area (Å²) in [5.41, 5.74) is 1.63. The van der Waals surface area contributed by atoms with Gasteiger partial charge < -0.3 is 5.32 Å². The highest BCUT2D eigenvalue weighted by molar-refractivity contribution is 7.90. The third-order valence-corrected chi connectivity index (χ3v) is 4.56. The van der Waals surface area contributed by atoms with Crippen molar-refractivity contribution in [2.75, 3.05) is 11.6 Å². The lowest BCUT2D eigenvalue weighted by Gasteiger charge is -2.10. The van der Waals surface area contributed by atoms with E-state index in [4.69, 9.17) is 11.6 Å². The van der Waals surface area contributed by atoms with Crippen LogP contribution in [0.15, 0.2) is 47.4 Å². The zero-order valence-electron chi connectivity index (χ0n) is 11.6. The first-order valence-corrected chi connectivity index (χ1v) is 8.42. The van der Waals surface area contributed by atoms with E-state index in [2.05, 4.69) is 5.32 Å². The van der Waals surface area contributed by atoms with Crippen molar-refractivity contribution in [2.45, 2.75) is 11.8 Å². The fraction of sp³-hybridized carbons (Fsp3) is 0.133. The van der Waals surface area contributed by atoms with E-state index in [9.17, 15) is 13.2 Å². The molecule has 110 valence electrons. The second-order valence-corrected chi connectivity index (χ2v) is 7.09. The topological polar surface area (TPSA) is 63.2 Å². The molecule has 1 N–H and O–H groups in total. The lowest BCUT2D eigenvalue weighted by atomic mass is 10.1. The molecule has 0 aliphatic heterocycles. The molecule has 0 fully saturated rings. The summed E-state index contributed by atoms with van der Waals surface area (Å²) in [4.78, 5) is 12.3. The van der Waals surface area contributed by atoms with E-state index in [0.717, 1.165) is 11.8 Å². The summed E-state index contributed by atoms with van der Waals surface area (Å²) in [6, 6.07) is 11.1. The molecule has 0 heterocycles. The normalized spacial score (nSPS) is 11.2. The number of carbonyl (C=O) groups excluding carboxylic acids is 1. The highest BCUT2D eigenvalue weighted by Gasteiger charge is 2.13. The molecule has 1 amide bonds. The van der Waals surface area contributed by atoms with Crippen LogP contribution in [0.1, 0.15) is 15.9 Å². The van der Waals surface area contributed by atoms with Crippen LogP contribution in [0.5, 0.6) is 0 Å². The van der Waals surface area contributed by atoms with E-state index in [-0.39, 0.29) is 16.4 Å². The van der Waals surface area contributed by atoms with Crippen LogP contribution < -0.4 is 5.32 Å². The Morgan fingerprint density at radius 3 is 2.48 bits per heavy atom. The average Bonchev–Trinajstić information content (AvgIpc) is 2.43. The number of hydrogen-bond acceptors (Lipinski definition) is 3. The molecule has 2 aromatic rings. The van der Waals surface area contributed by atoms with Crippen molar-refractivity contribution >= 4 is 33.0 Å². The highest BCUT2D eigenvalue weighted by atomic mass is 35.5.